The lowest BCUT2D eigenvalue weighted by Gasteiger charge is -2.06. The number of hydrogen-bond donors (Lipinski definition) is 1. The molecule has 3 aromatic carbocycles. The van der Waals surface area contributed by atoms with Crippen LogP contribution in [0.25, 0.3) is 21.3 Å². The standard InChI is InChI=1S/C23H20N2O3S2/c1-30(27,28)19-9-5-6-16(12-19)15-24-22(26)14-23-25-20-11-10-18(13-21(20)29-23)17-7-3-2-4-8-17/h2-13H,14-15H2,1H3,(H,24,26). The molecule has 0 aliphatic carbocycles. The van der Waals surface area contributed by atoms with Gasteiger partial charge in [0.2, 0.25) is 5.91 Å². The van der Waals surface area contributed by atoms with Crippen LogP contribution in [0.4, 0.5) is 0 Å². The van der Waals surface area contributed by atoms with Gasteiger partial charge in [0.15, 0.2) is 9.84 Å². The number of fused-ring (bicyclic) bond motifs is 1. The highest BCUT2D eigenvalue weighted by Gasteiger charge is 2.11. The lowest BCUT2D eigenvalue weighted by Crippen LogP contribution is -2.24. The Morgan fingerprint density at radius 1 is 0.967 bits per heavy atom. The van der Waals surface area contributed by atoms with Crippen LogP contribution in [0, 0.1) is 0 Å². The van der Waals surface area contributed by atoms with Crippen molar-refractivity contribution >= 4 is 37.3 Å². The Kier molecular flexibility index (Phi) is 5.65. The summed E-state index contributed by atoms with van der Waals surface area (Å²) in [5, 5.41) is 3.59. The Bertz CT molecular complexity index is 1310. The topological polar surface area (TPSA) is 76.1 Å². The number of nitrogens with zero attached hydrogens (tertiary/aromatic N) is 1. The fourth-order valence-electron chi connectivity index (χ4n) is 3.14. The third kappa shape index (κ3) is 4.75. The van der Waals surface area contributed by atoms with E-state index in [-0.39, 0.29) is 23.8 Å². The Morgan fingerprint density at radius 2 is 1.77 bits per heavy atom. The number of carbonyl (C=O) groups excluding carboxylic acids is 1. The van der Waals surface area contributed by atoms with Crippen LogP contribution in [0.5, 0.6) is 0 Å². The van der Waals surface area contributed by atoms with Crippen molar-refractivity contribution in [3.63, 3.8) is 0 Å². The Labute approximate surface area is 179 Å². The first-order chi connectivity index (χ1) is 14.4. The zero-order chi connectivity index (χ0) is 21.1. The second-order valence-electron chi connectivity index (χ2n) is 7.03. The van der Waals surface area contributed by atoms with Crippen LogP contribution in [-0.4, -0.2) is 25.6 Å². The molecular formula is C23H20N2O3S2. The number of rotatable bonds is 6. The van der Waals surface area contributed by atoms with Crippen molar-refractivity contribution in [3.8, 4) is 11.1 Å². The smallest absolute Gasteiger partial charge is 0.227 e. The molecule has 4 rings (SSSR count). The first kappa shape index (κ1) is 20.3. The predicted molar refractivity (Wildman–Crippen MR) is 120 cm³/mol. The normalized spacial score (nSPS) is 11.5. The summed E-state index contributed by atoms with van der Waals surface area (Å²) in [6, 6.07) is 22.8. The molecule has 0 spiro atoms. The van der Waals surface area contributed by atoms with E-state index >= 15 is 0 Å². The van der Waals surface area contributed by atoms with Gasteiger partial charge in [0.25, 0.3) is 0 Å². The maximum atomic E-state index is 12.4. The fourth-order valence-corrected chi connectivity index (χ4v) is 4.84. The SMILES string of the molecule is CS(=O)(=O)c1cccc(CNC(=O)Cc2nc3ccc(-c4ccccc4)cc3s2)c1. The largest absolute Gasteiger partial charge is 0.352 e. The second kappa shape index (κ2) is 8.38. The maximum absolute atomic E-state index is 12.4. The van der Waals surface area contributed by atoms with Gasteiger partial charge in [-0.2, -0.15) is 0 Å². The van der Waals surface area contributed by atoms with Gasteiger partial charge < -0.3 is 5.32 Å². The van der Waals surface area contributed by atoms with Crippen LogP contribution in [0.15, 0.2) is 77.7 Å². The number of nitrogens with one attached hydrogen (secondary N) is 1. The van der Waals surface area contributed by atoms with E-state index in [0.717, 1.165) is 31.9 Å². The molecule has 0 bridgehead atoms. The number of amides is 1. The molecule has 0 radical (unpaired) electrons. The average molecular weight is 437 g/mol. The quantitative estimate of drug-likeness (QED) is 0.491. The van der Waals surface area contributed by atoms with Crippen LogP contribution < -0.4 is 5.32 Å². The molecule has 0 saturated carbocycles. The number of hydrogen-bond acceptors (Lipinski definition) is 5. The third-order valence-electron chi connectivity index (χ3n) is 4.67. The van der Waals surface area contributed by atoms with E-state index < -0.39 is 9.84 Å². The Hall–Kier alpha value is -3.03. The Balaban J connectivity index is 1.43. The molecule has 7 heteroatoms. The molecule has 0 atom stereocenters. The minimum Gasteiger partial charge on any atom is -0.352 e. The van der Waals surface area contributed by atoms with Crippen LogP contribution in [0.2, 0.25) is 0 Å². The lowest BCUT2D eigenvalue weighted by atomic mass is 10.1. The van der Waals surface area contributed by atoms with Gasteiger partial charge in [0, 0.05) is 12.8 Å². The van der Waals surface area contributed by atoms with E-state index in [9.17, 15) is 13.2 Å². The summed E-state index contributed by atoms with van der Waals surface area (Å²) in [4.78, 5) is 17.2. The zero-order valence-electron chi connectivity index (χ0n) is 16.3. The minimum absolute atomic E-state index is 0.151. The van der Waals surface area contributed by atoms with E-state index in [1.807, 2.05) is 30.3 Å². The molecule has 1 N–H and O–H groups in total. The van der Waals surface area contributed by atoms with Crippen molar-refractivity contribution in [3.05, 3.63) is 83.4 Å². The lowest BCUT2D eigenvalue weighted by molar-refractivity contribution is -0.120. The molecule has 0 aliphatic rings. The molecule has 0 saturated heterocycles. The van der Waals surface area contributed by atoms with Crippen molar-refractivity contribution in [2.75, 3.05) is 6.26 Å². The first-order valence-electron chi connectivity index (χ1n) is 9.39. The van der Waals surface area contributed by atoms with Gasteiger partial charge in [0.1, 0.15) is 5.01 Å². The number of aromatic nitrogens is 1. The number of carbonyl (C=O) groups is 1. The highest BCUT2D eigenvalue weighted by molar-refractivity contribution is 7.90. The summed E-state index contributed by atoms with van der Waals surface area (Å²) < 4.78 is 24.4. The van der Waals surface area contributed by atoms with Gasteiger partial charge in [-0.1, -0.05) is 48.5 Å². The summed E-state index contributed by atoms with van der Waals surface area (Å²) in [7, 11) is -3.27. The summed E-state index contributed by atoms with van der Waals surface area (Å²) >= 11 is 1.51. The molecule has 0 unspecified atom stereocenters. The van der Waals surface area contributed by atoms with Gasteiger partial charge in [-0.15, -0.1) is 11.3 Å². The van der Waals surface area contributed by atoms with E-state index in [0.29, 0.717) is 0 Å². The van der Waals surface area contributed by atoms with Crippen molar-refractivity contribution in [2.24, 2.45) is 0 Å². The minimum atomic E-state index is -3.27. The van der Waals surface area contributed by atoms with Gasteiger partial charge in [-0.05, 0) is 41.0 Å². The molecule has 1 amide bonds. The predicted octanol–water partition coefficient (Wildman–Crippen LogP) is 4.23. The summed E-state index contributed by atoms with van der Waals surface area (Å²) in [6.45, 7) is 0.269. The van der Waals surface area contributed by atoms with Crippen LogP contribution in [-0.2, 0) is 27.6 Å². The van der Waals surface area contributed by atoms with Gasteiger partial charge >= 0.3 is 0 Å². The van der Waals surface area contributed by atoms with Crippen molar-refractivity contribution in [1.29, 1.82) is 0 Å². The van der Waals surface area contributed by atoms with Crippen LogP contribution in [0.1, 0.15) is 10.6 Å². The van der Waals surface area contributed by atoms with Gasteiger partial charge in [-0.3, -0.25) is 4.79 Å². The van der Waals surface area contributed by atoms with Crippen molar-refractivity contribution in [2.45, 2.75) is 17.9 Å². The van der Waals surface area contributed by atoms with E-state index in [1.54, 1.807) is 24.3 Å². The van der Waals surface area contributed by atoms with Crippen molar-refractivity contribution in [1.82, 2.24) is 10.3 Å². The Morgan fingerprint density at radius 3 is 2.53 bits per heavy atom. The molecule has 0 aliphatic heterocycles. The molecule has 5 nitrogen and oxygen atoms in total. The van der Waals surface area contributed by atoms with E-state index in [2.05, 4.69) is 28.5 Å². The van der Waals surface area contributed by atoms with E-state index in [1.165, 1.54) is 17.6 Å². The monoisotopic (exact) mass is 436 g/mol. The third-order valence-corrected chi connectivity index (χ3v) is 6.80. The van der Waals surface area contributed by atoms with Crippen LogP contribution in [0.3, 0.4) is 0 Å². The number of thiazole rings is 1. The number of benzene rings is 3. The molecular weight excluding hydrogens is 416 g/mol. The molecule has 0 fully saturated rings. The summed E-state index contributed by atoms with van der Waals surface area (Å²) in [6.07, 6.45) is 1.35. The van der Waals surface area contributed by atoms with Crippen LogP contribution >= 0.6 is 11.3 Å². The summed E-state index contributed by atoms with van der Waals surface area (Å²) in [5.74, 6) is -0.151. The fraction of sp³-hybridized carbons (Fsp3) is 0.130. The first-order valence-corrected chi connectivity index (χ1v) is 12.1. The molecule has 30 heavy (non-hydrogen) atoms. The summed E-state index contributed by atoms with van der Waals surface area (Å²) in [5.41, 5.74) is 3.88. The molecule has 4 aromatic rings. The van der Waals surface area contributed by atoms with E-state index in [4.69, 9.17) is 0 Å². The molecule has 152 valence electrons. The molecule has 1 aromatic heterocycles. The van der Waals surface area contributed by atoms with Gasteiger partial charge in [0.05, 0.1) is 21.5 Å². The van der Waals surface area contributed by atoms with Crippen molar-refractivity contribution < 1.29 is 13.2 Å². The van der Waals surface area contributed by atoms with Gasteiger partial charge in [-0.25, -0.2) is 13.4 Å². The average Bonchev–Trinajstić information content (AvgIpc) is 3.14. The second-order valence-corrected chi connectivity index (χ2v) is 10.2. The maximum Gasteiger partial charge on any atom is 0.227 e. The zero-order valence-corrected chi connectivity index (χ0v) is 18.0. The number of sulfone groups is 1. The molecule has 1 heterocycles. The highest BCUT2D eigenvalue weighted by atomic mass is 32.2. The highest BCUT2D eigenvalue weighted by Crippen LogP contribution is 2.28.